The van der Waals surface area contributed by atoms with Crippen LogP contribution in [0.1, 0.15) is 17.7 Å². The number of fused-ring (bicyclic) bond motifs is 1. The van der Waals surface area contributed by atoms with Gasteiger partial charge in [0.25, 0.3) is 0 Å². The SMILES string of the molecule is CN(C)CCCOc1ccc2c(=O)cc(CCc3cccc(F)c3F)n(CC(=O)O)c2c1. The third kappa shape index (κ3) is 5.70. The first kappa shape index (κ1) is 23.4. The Morgan fingerprint density at radius 3 is 2.62 bits per heavy atom. The van der Waals surface area contributed by atoms with Crippen molar-refractivity contribution in [1.29, 1.82) is 0 Å². The van der Waals surface area contributed by atoms with Crippen LogP contribution in [-0.2, 0) is 24.2 Å². The van der Waals surface area contributed by atoms with Crippen molar-refractivity contribution < 1.29 is 23.4 Å². The molecule has 0 aliphatic rings. The van der Waals surface area contributed by atoms with Crippen LogP contribution in [-0.4, -0.2) is 47.8 Å². The van der Waals surface area contributed by atoms with Crippen LogP contribution < -0.4 is 10.2 Å². The van der Waals surface area contributed by atoms with Crippen LogP contribution in [0.3, 0.4) is 0 Å². The predicted molar refractivity (Wildman–Crippen MR) is 118 cm³/mol. The largest absolute Gasteiger partial charge is 0.493 e. The Morgan fingerprint density at radius 1 is 1.12 bits per heavy atom. The lowest BCUT2D eigenvalue weighted by atomic mass is 10.0. The first-order valence-corrected chi connectivity index (χ1v) is 10.3. The van der Waals surface area contributed by atoms with Gasteiger partial charge in [0, 0.05) is 29.8 Å². The highest BCUT2D eigenvalue weighted by atomic mass is 19.2. The maximum absolute atomic E-state index is 14.0. The summed E-state index contributed by atoms with van der Waals surface area (Å²) in [5, 5.41) is 9.80. The van der Waals surface area contributed by atoms with Gasteiger partial charge in [-0.3, -0.25) is 9.59 Å². The van der Waals surface area contributed by atoms with Crippen molar-refractivity contribution in [3.63, 3.8) is 0 Å². The molecular formula is C24H26F2N2O4. The fourth-order valence-electron chi connectivity index (χ4n) is 3.60. The smallest absolute Gasteiger partial charge is 0.323 e. The molecule has 0 atom stereocenters. The van der Waals surface area contributed by atoms with E-state index in [1.165, 1.54) is 22.8 Å². The van der Waals surface area contributed by atoms with E-state index < -0.39 is 17.6 Å². The normalized spacial score (nSPS) is 11.3. The average molecular weight is 444 g/mol. The van der Waals surface area contributed by atoms with Crippen molar-refractivity contribution in [2.24, 2.45) is 0 Å². The van der Waals surface area contributed by atoms with Gasteiger partial charge in [0.15, 0.2) is 17.1 Å². The molecule has 0 bridgehead atoms. The lowest BCUT2D eigenvalue weighted by Crippen LogP contribution is -2.19. The molecule has 170 valence electrons. The highest BCUT2D eigenvalue weighted by Gasteiger charge is 2.15. The summed E-state index contributed by atoms with van der Waals surface area (Å²) in [5.74, 6) is -2.43. The summed E-state index contributed by atoms with van der Waals surface area (Å²) in [6, 6.07) is 10.2. The molecule has 0 amide bonds. The zero-order valence-corrected chi connectivity index (χ0v) is 18.1. The van der Waals surface area contributed by atoms with E-state index >= 15 is 0 Å². The van der Waals surface area contributed by atoms with E-state index in [0.717, 1.165) is 19.0 Å². The standard InChI is InChI=1S/C24H26F2N2O4/c1-27(2)11-4-12-32-18-9-10-19-21(14-18)28(15-23(30)31)17(13-22(19)29)8-7-16-5-3-6-20(25)24(16)26/h3,5-6,9-10,13-14H,4,7-8,11-12,15H2,1-2H3,(H,30,31). The molecule has 1 aromatic heterocycles. The molecule has 2 aromatic carbocycles. The van der Waals surface area contributed by atoms with E-state index in [0.29, 0.717) is 29.0 Å². The molecule has 0 aliphatic heterocycles. The van der Waals surface area contributed by atoms with Gasteiger partial charge in [-0.05, 0) is 57.1 Å². The van der Waals surface area contributed by atoms with E-state index in [1.54, 1.807) is 18.2 Å². The summed E-state index contributed by atoms with van der Waals surface area (Å²) in [4.78, 5) is 26.3. The number of carboxylic acid groups (broad SMARTS) is 1. The molecule has 32 heavy (non-hydrogen) atoms. The van der Waals surface area contributed by atoms with Crippen molar-refractivity contribution in [2.45, 2.75) is 25.8 Å². The second kappa shape index (κ2) is 10.4. The quantitative estimate of drug-likeness (QED) is 0.485. The van der Waals surface area contributed by atoms with Gasteiger partial charge < -0.3 is 19.3 Å². The lowest BCUT2D eigenvalue weighted by Gasteiger charge is -2.17. The summed E-state index contributed by atoms with van der Waals surface area (Å²) in [7, 11) is 3.94. The zero-order valence-electron chi connectivity index (χ0n) is 18.1. The van der Waals surface area contributed by atoms with Gasteiger partial charge >= 0.3 is 5.97 Å². The van der Waals surface area contributed by atoms with Crippen LogP contribution in [0.5, 0.6) is 5.75 Å². The summed E-state index contributed by atoms with van der Waals surface area (Å²) >= 11 is 0. The van der Waals surface area contributed by atoms with Crippen LogP contribution in [0, 0.1) is 11.6 Å². The molecule has 0 saturated heterocycles. The predicted octanol–water partition coefficient (Wildman–Crippen LogP) is 3.48. The zero-order chi connectivity index (χ0) is 23.3. The fraction of sp³-hybridized carbons (Fsp3) is 0.333. The Morgan fingerprint density at radius 2 is 1.91 bits per heavy atom. The number of hydrogen-bond donors (Lipinski definition) is 1. The number of ether oxygens (including phenoxy) is 1. The number of nitrogens with zero attached hydrogens (tertiary/aromatic N) is 2. The molecule has 0 aliphatic carbocycles. The van der Waals surface area contributed by atoms with E-state index in [9.17, 15) is 23.5 Å². The van der Waals surface area contributed by atoms with Crippen molar-refractivity contribution in [3.05, 3.63) is 75.6 Å². The molecule has 1 heterocycles. The number of aliphatic carboxylic acids is 1. The highest BCUT2D eigenvalue weighted by Crippen LogP contribution is 2.22. The topological polar surface area (TPSA) is 71.8 Å². The van der Waals surface area contributed by atoms with Gasteiger partial charge in [0.05, 0.1) is 12.1 Å². The minimum Gasteiger partial charge on any atom is -0.493 e. The van der Waals surface area contributed by atoms with Crippen LogP contribution in [0.15, 0.2) is 47.3 Å². The number of pyridine rings is 1. The van der Waals surface area contributed by atoms with E-state index in [-0.39, 0.29) is 30.4 Å². The number of aromatic nitrogens is 1. The summed E-state index contributed by atoms with van der Waals surface area (Å²) < 4.78 is 34.9. The number of halogens is 2. The third-order valence-electron chi connectivity index (χ3n) is 5.16. The van der Waals surface area contributed by atoms with Gasteiger partial charge in [0.1, 0.15) is 12.3 Å². The average Bonchev–Trinajstić information content (AvgIpc) is 2.74. The number of benzene rings is 2. The Balaban J connectivity index is 1.95. The van der Waals surface area contributed by atoms with Gasteiger partial charge in [-0.2, -0.15) is 0 Å². The van der Waals surface area contributed by atoms with Gasteiger partial charge in [-0.25, -0.2) is 8.78 Å². The molecule has 0 fully saturated rings. The maximum Gasteiger partial charge on any atom is 0.323 e. The monoisotopic (exact) mass is 444 g/mol. The molecule has 8 heteroatoms. The Bertz CT molecular complexity index is 1170. The second-order valence-corrected chi connectivity index (χ2v) is 7.88. The minimum atomic E-state index is -1.08. The van der Waals surface area contributed by atoms with Crippen LogP contribution in [0.4, 0.5) is 8.78 Å². The maximum atomic E-state index is 14.0. The van der Waals surface area contributed by atoms with Crippen LogP contribution in [0.25, 0.3) is 10.9 Å². The van der Waals surface area contributed by atoms with Crippen LogP contribution >= 0.6 is 0 Å². The van der Waals surface area contributed by atoms with E-state index in [1.807, 2.05) is 19.0 Å². The summed E-state index contributed by atoms with van der Waals surface area (Å²) in [6.45, 7) is 0.964. The van der Waals surface area contributed by atoms with Crippen LogP contribution in [0.2, 0.25) is 0 Å². The van der Waals surface area contributed by atoms with E-state index in [4.69, 9.17) is 4.74 Å². The number of rotatable bonds is 10. The number of hydrogen-bond acceptors (Lipinski definition) is 4. The van der Waals surface area contributed by atoms with Crippen molar-refractivity contribution in [2.75, 3.05) is 27.2 Å². The molecule has 1 N–H and O–H groups in total. The lowest BCUT2D eigenvalue weighted by molar-refractivity contribution is -0.137. The molecular weight excluding hydrogens is 418 g/mol. The Kier molecular flexibility index (Phi) is 7.58. The fourth-order valence-corrected chi connectivity index (χ4v) is 3.60. The van der Waals surface area contributed by atoms with E-state index in [2.05, 4.69) is 0 Å². The highest BCUT2D eigenvalue weighted by molar-refractivity contribution is 5.82. The third-order valence-corrected chi connectivity index (χ3v) is 5.16. The van der Waals surface area contributed by atoms with Gasteiger partial charge in [-0.15, -0.1) is 0 Å². The Hall–Kier alpha value is -3.26. The Labute approximate surface area is 184 Å². The molecule has 0 unspecified atom stereocenters. The molecule has 6 nitrogen and oxygen atoms in total. The molecule has 3 rings (SSSR count). The number of aryl methyl sites for hydroxylation is 2. The minimum absolute atomic E-state index is 0.120. The molecule has 0 spiro atoms. The molecule has 0 saturated carbocycles. The molecule has 0 radical (unpaired) electrons. The second-order valence-electron chi connectivity index (χ2n) is 7.88. The van der Waals surface area contributed by atoms with Crippen molar-refractivity contribution in [1.82, 2.24) is 9.47 Å². The molecule has 3 aromatic rings. The van der Waals surface area contributed by atoms with Gasteiger partial charge in [0.2, 0.25) is 0 Å². The van der Waals surface area contributed by atoms with Crippen molar-refractivity contribution in [3.8, 4) is 5.75 Å². The van der Waals surface area contributed by atoms with Crippen molar-refractivity contribution >= 4 is 16.9 Å². The summed E-state index contributed by atoms with van der Waals surface area (Å²) in [6.07, 6.45) is 1.11. The first-order chi connectivity index (χ1) is 15.3. The first-order valence-electron chi connectivity index (χ1n) is 10.3. The number of carbonyl (C=O) groups is 1. The summed E-state index contributed by atoms with van der Waals surface area (Å²) in [5.41, 5.74) is 0.756. The number of carboxylic acids is 1. The van der Waals surface area contributed by atoms with Gasteiger partial charge in [-0.1, -0.05) is 12.1 Å².